The standard InChI is InChI=1S/C12H14I3NO2/c1-16-9-5-10(12(9)17-2)18-11-7(14)3-6(13)4-8(11)15/h3-4,9-10,12,16H,5H2,1-2H3. The molecule has 0 aromatic heterocycles. The molecule has 0 spiro atoms. The molecule has 0 saturated heterocycles. The highest BCUT2D eigenvalue weighted by Crippen LogP contribution is 2.34. The molecule has 6 heteroatoms. The highest BCUT2D eigenvalue weighted by Gasteiger charge is 2.42. The van der Waals surface area contributed by atoms with Gasteiger partial charge in [-0.25, -0.2) is 0 Å². The van der Waals surface area contributed by atoms with Crippen molar-refractivity contribution < 1.29 is 9.47 Å². The second kappa shape index (κ2) is 6.72. The smallest absolute Gasteiger partial charge is 0.146 e. The molecule has 1 fully saturated rings. The van der Waals surface area contributed by atoms with Crippen LogP contribution in [0.15, 0.2) is 12.1 Å². The van der Waals surface area contributed by atoms with Crippen molar-refractivity contribution >= 4 is 67.8 Å². The van der Waals surface area contributed by atoms with Gasteiger partial charge in [0, 0.05) is 23.1 Å². The van der Waals surface area contributed by atoms with Crippen molar-refractivity contribution in [1.29, 1.82) is 0 Å². The van der Waals surface area contributed by atoms with E-state index in [-0.39, 0.29) is 12.2 Å². The summed E-state index contributed by atoms with van der Waals surface area (Å²) in [5, 5.41) is 3.25. The van der Waals surface area contributed by atoms with Crippen molar-refractivity contribution in [3.8, 4) is 5.75 Å². The fourth-order valence-electron chi connectivity index (χ4n) is 2.09. The number of likely N-dealkylation sites (N-methyl/N-ethyl adjacent to an activating group) is 1. The predicted molar refractivity (Wildman–Crippen MR) is 97.3 cm³/mol. The number of hydrogen-bond donors (Lipinski definition) is 1. The summed E-state index contributed by atoms with van der Waals surface area (Å²) in [5.74, 6) is 0.984. The third-order valence-electron chi connectivity index (χ3n) is 3.12. The van der Waals surface area contributed by atoms with Crippen LogP contribution in [0.3, 0.4) is 0 Å². The molecule has 1 aromatic carbocycles. The van der Waals surface area contributed by atoms with E-state index in [1.807, 2.05) is 7.05 Å². The molecule has 0 heterocycles. The Bertz CT molecular complexity index is 418. The first-order valence-electron chi connectivity index (χ1n) is 5.58. The largest absolute Gasteiger partial charge is 0.485 e. The molecule has 18 heavy (non-hydrogen) atoms. The number of hydrogen-bond acceptors (Lipinski definition) is 3. The van der Waals surface area contributed by atoms with E-state index < -0.39 is 0 Å². The number of halogens is 3. The maximum absolute atomic E-state index is 6.12. The van der Waals surface area contributed by atoms with Gasteiger partial charge in [0.1, 0.15) is 18.0 Å². The molecular weight excluding hydrogens is 571 g/mol. The lowest BCUT2D eigenvalue weighted by Crippen LogP contribution is -2.60. The highest BCUT2D eigenvalue weighted by atomic mass is 127. The second-order valence-corrected chi connectivity index (χ2v) is 7.76. The van der Waals surface area contributed by atoms with Crippen LogP contribution >= 0.6 is 67.8 Å². The molecule has 3 atom stereocenters. The predicted octanol–water partition coefficient (Wildman–Crippen LogP) is 3.25. The van der Waals surface area contributed by atoms with Crippen molar-refractivity contribution in [2.24, 2.45) is 0 Å². The van der Waals surface area contributed by atoms with Gasteiger partial charge >= 0.3 is 0 Å². The molecule has 1 saturated carbocycles. The highest BCUT2D eigenvalue weighted by molar-refractivity contribution is 14.1. The van der Waals surface area contributed by atoms with Crippen molar-refractivity contribution in [3.63, 3.8) is 0 Å². The molecule has 1 aliphatic carbocycles. The van der Waals surface area contributed by atoms with E-state index in [2.05, 4.69) is 85.2 Å². The van der Waals surface area contributed by atoms with Gasteiger partial charge in [0.15, 0.2) is 0 Å². The molecule has 100 valence electrons. The van der Waals surface area contributed by atoms with Crippen LogP contribution in [-0.4, -0.2) is 32.4 Å². The molecule has 1 N–H and O–H groups in total. The fraction of sp³-hybridized carbons (Fsp3) is 0.500. The summed E-state index contributed by atoms with van der Waals surface area (Å²) in [5.41, 5.74) is 0. The van der Waals surface area contributed by atoms with E-state index in [1.165, 1.54) is 3.57 Å². The first-order valence-corrected chi connectivity index (χ1v) is 8.81. The van der Waals surface area contributed by atoms with E-state index in [9.17, 15) is 0 Å². The van der Waals surface area contributed by atoms with Gasteiger partial charge in [-0.15, -0.1) is 0 Å². The Hall–Kier alpha value is 1.13. The summed E-state index contributed by atoms with van der Waals surface area (Å²) in [6, 6.07) is 4.67. The van der Waals surface area contributed by atoms with Crippen LogP contribution in [0.2, 0.25) is 0 Å². The lowest BCUT2D eigenvalue weighted by molar-refractivity contribution is -0.0875. The number of nitrogens with one attached hydrogen (secondary N) is 1. The Balaban J connectivity index is 2.11. The summed E-state index contributed by atoms with van der Waals surface area (Å²) in [6.07, 6.45) is 1.28. The van der Waals surface area contributed by atoms with Crippen LogP contribution < -0.4 is 10.1 Å². The summed E-state index contributed by atoms with van der Waals surface area (Å²) in [6.45, 7) is 0. The topological polar surface area (TPSA) is 30.5 Å². The second-order valence-electron chi connectivity index (χ2n) is 4.19. The first-order chi connectivity index (χ1) is 8.56. The van der Waals surface area contributed by atoms with Gasteiger partial charge in [-0.3, -0.25) is 0 Å². The molecule has 0 aliphatic heterocycles. The third-order valence-corrected chi connectivity index (χ3v) is 5.35. The fourth-order valence-corrected chi connectivity index (χ4v) is 5.92. The Kier molecular flexibility index (Phi) is 5.80. The molecule has 0 amide bonds. The molecule has 0 radical (unpaired) electrons. The number of benzene rings is 1. The molecule has 3 unspecified atom stereocenters. The van der Waals surface area contributed by atoms with E-state index in [0.29, 0.717) is 6.04 Å². The van der Waals surface area contributed by atoms with Gasteiger partial charge in [-0.05, 0) is 87.0 Å². The van der Waals surface area contributed by atoms with Gasteiger partial charge in [0.05, 0.1) is 7.14 Å². The molecule has 3 nitrogen and oxygen atoms in total. The Labute approximate surface area is 148 Å². The van der Waals surface area contributed by atoms with E-state index >= 15 is 0 Å². The monoisotopic (exact) mass is 585 g/mol. The molecule has 1 aromatic rings. The van der Waals surface area contributed by atoms with E-state index in [4.69, 9.17) is 9.47 Å². The zero-order chi connectivity index (χ0) is 13.3. The van der Waals surface area contributed by atoms with Gasteiger partial charge in [0.25, 0.3) is 0 Å². The molecule has 1 aliphatic rings. The van der Waals surface area contributed by atoms with Crippen molar-refractivity contribution in [1.82, 2.24) is 5.32 Å². The van der Waals surface area contributed by atoms with E-state index in [1.54, 1.807) is 7.11 Å². The van der Waals surface area contributed by atoms with Gasteiger partial charge in [0.2, 0.25) is 0 Å². The maximum atomic E-state index is 6.12. The van der Waals surface area contributed by atoms with Crippen LogP contribution in [0, 0.1) is 10.7 Å². The molecule has 2 rings (SSSR count). The summed E-state index contributed by atoms with van der Waals surface area (Å²) in [4.78, 5) is 0. The maximum Gasteiger partial charge on any atom is 0.146 e. The van der Waals surface area contributed by atoms with Crippen LogP contribution in [0.25, 0.3) is 0 Å². The number of ether oxygens (including phenoxy) is 2. The summed E-state index contributed by atoms with van der Waals surface area (Å²) in [7, 11) is 3.71. The minimum atomic E-state index is 0.140. The minimum Gasteiger partial charge on any atom is -0.485 e. The van der Waals surface area contributed by atoms with Crippen molar-refractivity contribution in [2.75, 3.05) is 14.2 Å². The Morgan fingerprint density at radius 3 is 2.33 bits per heavy atom. The van der Waals surface area contributed by atoms with Crippen molar-refractivity contribution in [2.45, 2.75) is 24.7 Å². The normalized spacial score (nSPS) is 26.8. The average molecular weight is 585 g/mol. The SMILES string of the molecule is CNC1CC(Oc2c(I)cc(I)cc2I)C1OC. The number of rotatable bonds is 4. The average Bonchev–Trinajstić information content (AvgIpc) is 2.26. The first kappa shape index (κ1) is 15.5. The lowest BCUT2D eigenvalue weighted by atomic mass is 9.85. The lowest BCUT2D eigenvalue weighted by Gasteiger charge is -2.43. The van der Waals surface area contributed by atoms with Crippen LogP contribution in [0.1, 0.15) is 6.42 Å². The van der Waals surface area contributed by atoms with Gasteiger partial charge in [-0.1, -0.05) is 0 Å². The zero-order valence-electron chi connectivity index (χ0n) is 10.0. The van der Waals surface area contributed by atoms with Gasteiger partial charge in [-0.2, -0.15) is 0 Å². The Morgan fingerprint density at radius 2 is 1.83 bits per heavy atom. The van der Waals surface area contributed by atoms with Crippen LogP contribution in [0.4, 0.5) is 0 Å². The van der Waals surface area contributed by atoms with Crippen LogP contribution in [-0.2, 0) is 4.74 Å². The van der Waals surface area contributed by atoms with Crippen LogP contribution in [0.5, 0.6) is 5.75 Å². The minimum absolute atomic E-state index is 0.140. The summed E-state index contributed by atoms with van der Waals surface area (Å²) < 4.78 is 15.2. The van der Waals surface area contributed by atoms with Crippen molar-refractivity contribution in [3.05, 3.63) is 22.8 Å². The zero-order valence-corrected chi connectivity index (χ0v) is 16.5. The summed E-state index contributed by atoms with van der Waals surface area (Å²) >= 11 is 6.98. The molecular formula is C12H14I3NO2. The third kappa shape index (κ3) is 3.23. The van der Waals surface area contributed by atoms with E-state index in [0.717, 1.165) is 19.3 Å². The molecule has 0 bridgehead atoms. The quantitative estimate of drug-likeness (QED) is 0.552. The Morgan fingerprint density at radius 1 is 1.22 bits per heavy atom. The van der Waals surface area contributed by atoms with Gasteiger partial charge < -0.3 is 14.8 Å². The number of methoxy groups -OCH3 is 1.